The van der Waals surface area contributed by atoms with Gasteiger partial charge in [-0.05, 0) is 23.2 Å². The fourth-order valence-corrected chi connectivity index (χ4v) is 1.86. The Hall–Kier alpha value is -1.67. The molecule has 0 rings (SSSR count). The highest BCUT2D eigenvalue weighted by molar-refractivity contribution is 6.65. The molecule has 10 heteroatoms. The van der Waals surface area contributed by atoms with Gasteiger partial charge in [-0.1, -0.05) is 0 Å². The van der Waals surface area contributed by atoms with E-state index in [1.54, 1.807) is 0 Å². The molecule has 0 aromatic carbocycles. The van der Waals surface area contributed by atoms with Crippen molar-refractivity contribution in [1.82, 2.24) is 0 Å². The Morgan fingerprint density at radius 3 is 1.59 bits per heavy atom. The zero-order valence-corrected chi connectivity index (χ0v) is 13.5. The molecule has 0 fully saturated rings. The molecule has 0 saturated heterocycles. The van der Waals surface area contributed by atoms with E-state index in [2.05, 4.69) is 4.74 Å². The molecular formula is C12H14Cl2O8. The molecule has 124 valence electrons. The van der Waals surface area contributed by atoms with Crippen molar-refractivity contribution in [1.29, 1.82) is 0 Å². The van der Waals surface area contributed by atoms with Crippen molar-refractivity contribution in [2.75, 3.05) is 0 Å². The van der Waals surface area contributed by atoms with Gasteiger partial charge in [0.2, 0.25) is 11.3 Å². The lowest BCUT2D eigenvalue weighted by Gasteiger charge is -2.29. The Balaban J connectivity index is 5.60. The van der Waals surface area contributed by atoms with E-state index >= 15 is 0 Å². The molecule has 0 unspecified atom stereocenters. The van der Waals surface area contributed by atoms with Crippen LogP contribution in [0, 0.1) is 0 Å². The summed E-state index contributed by atoms with van der Waals surface area (Å²) in [5, 5.41) is -2.10. The number of hydrogen-bond donors (Lipinski definition) is 0. The maximum absolute atomic E-state index is 11.4. The number of esters is 3. The van der Waals surface area contributed by atoms with Crippen LogP contribution in [0.15, 0.2) is 0 Å². The van der Waals surface area contributed by atoms with E-state index in [-0.39, 0.29) is 0 Å². The summed E-state index contributed by atoms with van der Waals surface area (Å²) in [4.78, 5) is 55.8. The fourth-order valence-electron chi connectivity index (χ4n) is 1.54. The predicted octanol–water partition coefficient (Wildman–Crippen LogP) is 0.702. The second-order valence-electron chi connectivity index (χ2n) is 4.12. The number of halogens is 2. The molecule has 0 spiro atoms. The number of ether oxygens (including phenoxy) is 3. The first-order valence-electron chi connectivity index (χ1n) is 5.94. The van der Waals surface area contributed by atoms with Crippen LogP contribution in [0.3, 0.4) is 0 Å². The smallest absolute Gasteiger partial charge is 0.303 e. The van der Waals surface area contributed by atoms with Crippen LogP contribution in [0.4, 0.5) is 0 Å². The lowest BCUT2D eigenvalue weighted by molar-refractivity contribution is -0.184. The minimum atomic E-state index is -1.76. The van der Waals surface area contributed by atoms with Crippen molar-refractivity contribution in [2.24, 2.45) is 0 Å². The Bertz CT molecular complexity index is 460. The third-order valence-corrected chi connectivity index (χ3v) is 2.53. The van der Waals surface area contributed by atoms with Crippen molar-refractivity contribution in [3.63, 3.8) is 0 Å². The number of rotatable bonds is 8. The largest absolute Gasteiger partial charge is 0.458 e. The van der Waals surface area contributed by atoms with Crippen molar-refractivity contribution in [2.45, 2.75) is 45.5 Å². The van der Waals surface area contributed by atoms with Crippen molar-refractivity contribution >= 4 is 51.6 Å². The highest BCUT2D eigenvalue weighted by atomic mass is 35.5. The molecule has 0 heterocycles. The molecule has 22 heavy (non-hydrogen) atoms. The molecule has 0 N–H and O–H groups in total. The van der Waals surface area contributed by atoms with Gasteiger partial charge < -0.3 is 14.2 Å². The first-order valence-corrected chi connectivity index (χ1v) is 6.69. The van der Waals surface area contributed by atoms with Crippen molar-refractivity contribution in [3.8, 4) is 0 Å². The molecule has 3 atom stereocenters. The summed E-state index contributed by atoms with van der Waals surface area (Å²) in [5.74, 6) is -2.60. The Morgan fingerprint density at radius 1 is 0.818 bits per heavy atom. The van der Waals surface area contributed by atoms with Crippen LogP contribution in [-0.2, 0) is 38.2 Å². The van der Waals surface area contributed by atoms with E-state index in [4.69, 9.17) is 32.7 Å². The molecule has 0 saturated carbocycles. The molecule has 0 aromatic heterocycles. The molecular weight excluding hydrogens is 343 g/mol. The van der Waals surface area contributed by atoms with E-state index < -0.39 is 53.1 Å². The van der Waals surface area contributed by atoms with E-state index in [0.29, 0.717) is 0 Å². The topological polar surface area (TPSA) is 113 Å². The average molecular weight is 357 g/mol. The summed E-state index contributed by atoms with van der Waals surface area (Å²) in [6.07, 6.45) is -5.40. The van der Waals surface area contributed by atoms with Crippen LogP contribution in [0.5, 0.6) is 0 Å². The summed E-state index contributed by atoms with van der Waals surface area (Å²) in [6.45, 7) is 3.02. The highest BCUT2D eigenvalue weighted by Gasteiger charge is 2.41. The second kappa shape index (κ2) is 9.37. The maximum atomic E-state index is 11.4. The summed E-state index contributed by atoms with van der Waals surface area (Å²) >= 11 is 10.5. The quantitative estimate of drug-likeness (QED) is 0.354. The molecule has 0 bridgehead atoms. The third kappa shape index (κ3) is 7.94. The van der Waals surface area contributed by atoms with Crippen molar-refractivity contribution in [3.05, 3.63) is 0 Å². The molecule has 0 aliphatic rings. The molecule has 8 nitrogen and oxygen atoms in total. The standard InChI is InChI=1S/C12H14Cl2O8/c1-5(15)20-8(4-9(13)18)10(21-6(2)16)11(12(14)19)22-7(3)17/h8,10-11H,4H2,1-3H3/t8-,10+,11-/m1/s1. The number of hydrogen-bond acceptors (Lipinski definition) is 8. The average Bonchev–Trinajstić information content (AvgIpc) is 2.30. The molecule has 0 amide bonds. The second-order valence-corrected chi connectivity index (χ2v) is 4.91. The first-order chi connectivity index (χ1) is 10.0. The lowest BCUT2D eigenvalue weighted by atomic mass is 10.1. The highest BCUT2D eigenvalue weighted by Crippen LogP contribution is 2.19. The monoisotopic (exact) mass is 356 g/mol. The van der Waals surface area contributed by atoms with Gasteiger partial charge >= 0.3 is 17.9 Å². The minimum Gasteiger partial charge on any atom is -0.458 e. The van der Waals surface area contributed by atoms with Crippen LogP contribution in [0.25, 0.3) is 0 Å². The van der Waals surface area contributed by atoms with Gasteiger partial charge in [0.05, 0.1) is 6.42 Å². The minimum absolute atomic E-state index is 0.582. The summed E-state index contributed by atoms with van der Waals surface area (Å²) in [5.41, 5.74) is 0. The van der Waals surface area contributed by atoms with Gasteiger partial charge in [0.15, 0.2) is 12.2 Å². The summed E-state index contributed by atoms with van der Waals surface area (Å²) in [6, 6.07) is 0. The molecule has 0 aromatic rings. The maximum Gasteiger partial charge on any atom is 0.303 e. The predicted molar refractivity (Wildman–Crippen MR) is 73.0 cm³/mol. The normalized spacial score (nSPS) is 14.2. The SMILES string of the molecule is CC(=O)O[C@@H]([C@@H](CC(=O)Cl)OC(C)=O)[C@@H](OC(C)=O)C(=O)Cl. The number of carbonyl (C=O) groups is 5. The van der Waals surface area contributed by atoms with Crippen molar-refractivity contribution < 1.29 is 38.2 Å². The first kappa shape index (κ1) is 20.3. The summed E-state index contributed by atoms with van der Waals surface area (Å²) in [7, 11) is 0. The lowest BCUT2D eigenvalue weighted by Crippen LogP contribution is -2.48. The van der Waals surface area contributed by atoms with E-state index in [9.17, 15) is 24.0 Å². The molecule has 0 aliphatic carbocycles. The van der Waals surface area contributed by atoms with Gasteiger partial charge in [-0.3, -0.25) is 24.0 Å². The Morgan fingerprint density at radius 2 is 1.27 bits per heavy atom. The summed E-state index contributed by atoms with van der Waals surface area (Å²) < 4.78 is 14.3. The van der Waals surface area contributed by atoms with Gasteiger partial charge in [0.25, 0.3) is 5.24 Å². The van der Waals surface area contributed by atoms with Crippen LogP contribution < -0.4 is 0 Å². The molecule has 0 aliphatic heterocycles. The van der Waals surface area contributed by atoms with Crippen LogP contribution in [0.2, 0.25) is 0 Å². The third-order valence-electron chi connectivity index (χ3n) is 2.16. The van der Waals surface area contributed by atoms with E-state index in [1.165, 1.54) is 0 Å². The number of carbonyl (C=O) groups excluding carboxylic acids is 5. The van der Waals surface area contributed by atoms with Gasteiger partial charge in [-0.25, -0.2) is 0 Å². The van der Waals surface area contributed by atoms with Crippen LogP contribution in [0.1, 0.15) is 27.2 Å². The van der Waals surface area contributed by atoms with Gasteiger partial charge in [0.1, 0.15) is 0 Å². The zero-order valence-electron chi connectivity index (χ0n) is 12.0. The van der Waals surface area contributed by atoms with E-state index in [1.807, 2.05) is 0 Å². The Labute approximate surface area is 136 Å². The van der Waals surface area contributed by atoms with Gasteiger partial charge in [-0.2, -0.15) is 0 Å². The molecule has 0 radical (unpaired) electrons. The van der Waals surface area contributed by atoms with E-state index in [0.717, 1.165) is 20.8 Å². The van der Waals surface area contributed by atoms with Crippen LogP contribution in [-0.4, -0.2) is 46.7 Å². The fraction of sp³-hybridized carbons (Fsp3) is 0.583. The van der Waals surface area contributed by atoms with Crippen LogP contribution >= 0.6 is 23.2 Å². The Kier molecular flexibility index (Phi) is 8.66. The zero-order chi connectivity index (χ0) is 17.4. The van der Waals surface area contributed by atoms with Gasteiger partial charge in [0, 0.05) is 20.8 Å². The van der Waals surface area contributed by atoms with Gasteiger partial charge in [-0.15, -0.1) is 0 Å².